The lowest BCUT2D eigenvalue weighted by atomic mass is 9.65. The molecule has 222 valence electrons. The van der Waals surface area contributed by atoms with Gasteiger partial charge < -0.3 is 23.7 Å². The number of hydrogen-bond acceptors (Lipinski definition) is 10. The van der Waals surface area contributed by atoms with Crippen LogP contribution in [-0.2, 0) is 28.6 Å². The van der Waals surface area contributed by atoms with E-state index in [0.717, 1.165) is 24.8 Å². The molecule has 3 aliphatic heterocycles. The van der Waals surface area contributed by atoms with Gasteiger partial charge in [0.1, 0.15) is 11.6 Å². The number of carbonyl (C=O) groups excluding carboxylic acids is 3. The van der Waals surface area contributed by atoms with Crippen LogP contribution in [0.2, 0.25) is 0 Å². The molecule has 2 aromatic rings. The Hall–Kier alpha value is -4.08. The molecule has 6 rings (SSSR count). The molecule has 2 spiro atoms. The van der Waals surface area contributed by atoms with E-state index in [1.165, 1.54) is 19.2 Å². The van der Waals surface area contributed by atoms with Crippen LogP contribution in [0.25, 0.3) is 0 Å². The van der Waals surface area contributed by atoms with Crippen molar-refractivity contribution in [3.63, 3.8) is 0 Å². The summed E-state index contributed by atoms with van der Waals surface area (Å²) in [4.78, 5) is 43.5. The first-order chi connectivity index (χ1) is 20.0. The standard InChI is InChI=1S/C32H36N2O8/c1-30(2,3)40-27(35)25-24(19-13-14-22(38-4)23(17-19)39-5)32(26-21-12-8-7-11-20(21)18-33-34(25)26)28(36)41-31(42-29(32)37)15-9-6-10-16-31/h7-8,11-14,17-18,24-26H,6,9-10,15-16H2,1-5H3/t24-,25+,26?/m0/s1. The minimum absolute atomic E-state index is 0.378. The van der Waals surface area contributed by atoms with Gasteiger partial charge >= 0.3 is 17.9 Å². The molecule has 0 N–H and O–H groups in total. The molecule has 2 aromatic carbocycles. The number of nitrogens with zero attached hydrogens (tertiary/aromatic N) is 2. The van der Waals surface area contributed by atoms with Crippen molar-refractivity contribution < 1.29 is 38.1 Å². The highest BCUT2D eigenvalue weighted by atomic mass is 16.7. The van der Waals surface area contributed by atoms with Crippen molar-refractivity contribution in [2.75, 3.05) is 14.2 Å². The number of carbonyl (C=O) groups is 3. The topological polar surface area (TPSA) is 113 Å². The third kappa shape index (κ3) is 4.22. The predicted octanol–water partition coefficient (Wildman–Crippen LogP) is 4.65. The molecule has 10 nitrogen and oxygen atoms in total. The third-order valence-electron chi connectivity index (χ3n) is 8.67. The largest absolute Gasteiger partial charge is 0.493 e. The minimum Gasteiger partial charge on any atom is -0.493 e. The molecular formula is C32H36N2O8. The Bertz CT molecular complexity index is 1430. The van der Waals surface area contributed by atoms with Crippen molar-refractivity contribution in [1.82, 2.24) is 5.01 Å². The van der Waals surface area contributed by atoms with Crippen LogP contribution in [0.15, 0.2) is 47.6 Å². The number of ether oxygens (including phenoxy) is 5. The highest BCUT2D eigenvalue weighted by Crippen LogP contribution is 2.63. The molecule has 3 atom stereocenters. The second-order valence-electron chi connectivity index (χ2n) is 12.3. The minimum atomic E-state index is -1.97. The summed E-state index contributed by atoms with van der Waals surface area (Å²) in [7, 11) is 3.01. The van der Waals surface area contributed by atoms with E-state index in [-0.39, 0.29) is 0 Å². The number of fused-ring (bicyclic) bond motifs is 4. The fourth-order valence-corrected chi connectivity index (χ4v) is 6.95. The van der Waals surface area contributed by atoms with Crippen LogP contribution in [0.1, 0.15) is 81.5 Å². The molecule has 10 heteroatoms. The Kier molecular flexibility index (Phi) is 6.70. The molecule has 4 aliphatic rings. The molecule has 3 heterocycles. The van der Waals surface area contributed by atoms with Gasteiger partial charge in [-0.05, 0) is 62.4 Å². The van der Waals surface area contributed by atoms with Gasteiger partial charge in [0.15, 0.2) is 17.5 Å². The highest BCUT2D eigenvalue weighted by molar-refractivity contribution is 6.06. The second-order valence-corrected chi connectivity index (χ2v) is 12.3. The summed E-state index contributed by atoms with van der Waals surface area (Å²) in [6.07, 6.45) is 5.01. The number of methoxy groups -OCH3 is 2. The molecule has 0 amide bonds. The van der Waals surface area contributed by atoms with E-state index >= 15 is 0 Å². The van der Waals surface area contributed by atoms with Crippen LogP contribution >= 0.6 is 0 Å². The number of benzene rings is 2. The van der Waals surface area contributed by atoms with E-state index < -0.39 is 52.7 Å². The van der Waals surface area contributed by atoms with Crippen molar-refractivity contribution in [2.45, 2.75) is 82.3 Å². The molecule has 0 bridgehead atoms. The third-order valence-corrected chi connectivity index (χ3v) is 8.67. The van der Waals surface area contributed by atoms with Gasteiger partial charge in [-0.15, -0.1) is 0 Å². The lowest BCUT2D eigenvalue weighted by Crippen LogP contribution is -2.60. The van der Waals surface area contributed by atoms with Crippen LogP contribution in [0.5, 0.6) is 11.5 Å². The summed E-state index contributed by atoms with van der Waals surface area (Å²) in [5.41, 5.74) is -0.941. The summed E-state index contributed by atoms with van der Waals surface area (Å²) in [6.45, 7) is 5.30. The second kappa shape index (κ2) is 10.0. The Morgan fingerprint density at radius 2 is 1.62 bits per heavy atom. The summed E-state index contributed by atoms with van der Waals surface area (Å²) >= 11 is 0. The normalized spacial score (nSPS) is 25.4. The molecule has 0 radical (unpaired) electrons. The average Bonchev–Trinajstić information content (AvgIpc) is 3.28. The monoisotopic (exact) mass is 576 g/mol. The lowest BCUT2D eigenvalue weighted by molar-refractivity contribution is -0.273. The first-order valence-electron chi connectivity index (χ1n) is 14.4. The summed E-state index contributed by atoms with van der Waals surface area (Å²) < 4.78 is 29.4. The molecule has 2 saturated heterocycles. The Morgan fingerprint density at radius 1 is 0.952 bits per heavy atom. The maximum absolute atomic E-state index is 14.7. The molecule has 3 fully saturated rings. The van der Waals surface area contributed by atoms with E-state index in [2.05, 4.69) is 5.10 Å². The molecule has 1 aliphatic carbocycles. The molecular weight excluding hydrogens is 540 g/mol. The van der Waals surface area contributed by atoms with Crippen molar-refractivity contribution in [1.29, 1.82) is 0 Å². The van der Waals surface area contributed by atoms with Gasteiger partial charge in [0.2, 0.25) is 5.41 Å². The Labute approximate surface area is 244 Å². The van der Waals surface area contributed by atoms with Gasteiger partial charge in [-0.2, -0.15) is 5.10 Å². The smallest absolute Gasteiger partial charge is 0.331 e. The molecule has 1 unspecified atom stereocenters. The van der Waals surface area contributed by atoms with Crippen LogP contribution in [-0.4, -0.2) is 60.8 Å². The first-order valence-corrected chi connectivity index (χ1v) is 14.4. The molecule has 0 aromatic heterocycles. The number of hydrazone groups is 1. The van der Waals surface area contributed by atoms with Gasteiger partial charge in [0, 0.05) is 18.8 Å². The fraction of sp³-hybridized carbons (Fsp3) is 0.500. The maximum Gasteiger partial charge on any atom is 0.331 e. The zero-order valence-corrected chi connectivity index (χ0v) is 24.5. The maximum atomic E-state index is 14.7. The summed E-state index contributed by atoms with van der Waals surface area (Å²) in [5.74, 6) is -3.66. The van der Waals surface area contributed by atoms with E-state index in [1.54, 1.807) is 45.2 Å². The highest BCUT2D eigenvalue weighted by Gasteiger charge is 2.76. The lowest BCUT2D eigenvalue weighted by Gasteiger charge is -2.47. The zero-order chi connectivity index (χ0) is 29.9. The number of rotatable bonds is 4. The van der Waals surface area contributed by atoms with Gasteiger partial charge in [-0.3, -0.25) is 14.6 Å². The van der Waals surface area contributed by atoms with Crippen molar-refractivity contribution in [3.8, 4) is 11.5 Å². The Balaban J connectivity index is 1.61. The predicted molar refractivity (Wildman–Crippen MR) is 151 cm³/mol. The van der Waals surface area contributed by atoms with Crippen molar-refractivity contribution >= 4 is 24.1 Å². The molecule has 1 saturated carbocycles. The number of esters is 3. The summed E-state index contributed by atoms with van der Waals surface area (Å²) in [5, 5.41) is 6.20. The Morgan fingerprint density at radius 3 is 2.26 bits per heavy atom. The zero-order valence-electron chi connectivity index (χ0n) is 24.5. The van der Waals surface area contributed by atoms with Crippen LogP contribution < -0.4 is 9.47 Å². The van der Waals surface area contributed by atoms with Gasteiger partial charge in [0.05, 0.1) is 20.4 Å². The van der Waals surface area contributed by atoms with Crippen molar-refractivity contribution in [2.24, 2.45) is 10.5 Å². The van der Waals surface area contributed by atoms with Gasteiger partial charge in [-0.25, -0.2) is 4.79 Å². The van der Waals surface area contributed by atoms with Crippen molar-refractivity contribution in [3.05, 3.63) is 59.2 Å². The van der Waals surface area contributed by atoms with E-state index in [9.17, 15) is 14.4 Å². The quantitative estimate of drug-likeness (QED) is 0.379. The van der Waals surface area contributed by atoms with Gasteiger partial charge in [0.25, 0.3) is 5.79 Å². The van der Waals surface area contributed by atoms with E-state index in [4.69, 9.17) is 23.7 Å². The van der Waals surface area contributed by atoms with Gasteiger partial charge in [-0.1, -0.05) is 36.8 Å². The SMILES string of the molecule is COc1ccc([C@H]2[C@H](C(=O)OC(C)(C)C)N3N=Cc4ccccc4C3C23C(=O)OC2(CCCCC2)OC3=O)cc1OC. The fourth-order valence-electron chi connectivity index (χ4n) is 6.95. The van der Waals surface area contributed by atoms with E-state index in [0.29, 0.717) is 35.5 Å². The van der Waals surface area contributed by atoms with Crippen LogP contribution in [0.3, 0.4) is 0 Å². The van der Waals surface area contributed by atoms with Crippen LogP contribution in [0, 0.1) is 5.41 Å². The van der Waals surface area contributed by atoms with E-state index in [1.807, 2.05) is 24.3 Å². The number of hydrogen-bond donors (Lipinski definition) is 0. The first kappa shape index (κ1) is 28.1. The van der Waals surface area contributed by atoms with Crippen LogP contribution in [0.4, 0.5) is 0 Å². The molecule has 42 heavy (non-hydrogen) atoms. The summed E-state index contributed by atoms with van der Waals surface area (Å²) in [6, 6.07) is 10.3. The average molecular weight is 577 g/mol.